The second-order valence-corrected chi connectivity index (χ2v) is 9.78. The molecule has 0 saturated heterocycles. The Morgan fingerprint density at radius 3 is 1.97 bits per heavy atom. The molecule has 192 valence electrons. The molecule has 0 rings (SSSR count). The third kappa shape index (κ3) is 15.7. The molecule has 1 unspecified atom stereocenters. The molecular formula is C25H40N2O7. The van der Waals surface area contributed by atoms with E-state index in [1.165, 1.54) is 12.2 Å². The molecule has 0 aliphatic carbocycles. The van der Waals surface area contributed by atoms with Gasteiger partial charge in [-0.15, -0.1) is 0 Å². The van der Waals surface area contributed by atoms with Gasteiger partial charge in [0.05, 0.1) is 6.42 Å². The first kappa shape index (κ1) is 30.9. The Bertz CT molecular complexity index is 773. The van der Waals surface area contributed by atoms with Gasteiger partial charge < -0.3 is 24.8 Å². The molecule has 0 aromatic rings. The number of ether oxygens (including phenoxy) is 3. The monoisotopic (exact) mass is 480 g/mol. The van der Waals surface area contributed by atoms with Crippen molar-refractivity contribution in [2.45, 2.75) is 91.0 Å². The third-order valence-electron chi connectivity index (χ3n) is 3.95. The fourth-order valence-corrected chi connectivity index (χ4v) is 2.56. The van der Waals surface area contributed by atoms with Gasteiger partial charge in [-0.1, -0.05) is 31.4 Å². The summed E-state index contributed by atoms with van der Waals surface area (Å²) in [5.41, 5.74) is -0.749. The zero-order valence-corrected chi connectivity index (χ0v) is 21.5. The van der Waals surface area contributed by atoms with E-state index in [0.717, 1.165) is 0 Å². The minimum atomic E-state index is -1.23. The van der Waals surface area contributed by atoms with Crippen LogP contribution in [-0.4, -0.2) is 53.8 Å². The minimum absolute atomic E-state index is 0.0889. The van der Waals surface area contributed by atoms with Crippen molar-refractivity contribution in [3.63, 3.8) is 0 Å². The van der Waals surface area contributed by atoms with E-state index in [4.69, 9.17) is 14.2 Å². The van der Waals surface area contributed by atoms with Gasteiger partial charge in [0.25, 0.3) is 0 Å². The van der Waals surface area contributed by atoms with Gasteiger partial charge in [-0.25, -0.2) is 4.79 Å². The van der Waals surface area contributed by atoms with Crippen molar-refractivity contribution in [3.8, 4) is 0 Å². The summed E-state index contributed by atoms with van der Waals surface area (Å²) in [6, 6.07) is -1.65. The predicted octanol–water partition coefficient (Wildman–Crippen LogP) is 3.74. The van der Waals surface area contributed by atoms with Crippen molar-refractivity contribution in [2.24, 2.45) is 0 Å². The lowest BCUT2D eigenvalue weighted by atomic mass is 10.1. The summed E-state index contributed by atoms with van der Waals surface area (Å²) in [5, 5.41) is 5.11. The molecule has 0 aromatic carbocycles. The highest BCUT2D eigenvalue weighted by molar-refractivity contribution is 5.89. The van der Waals surface area contributed by atoms with Crippen LogP contribution >= 0.6 is 0 Å². The Kier molecular flexibility index (Phi) is 12.9. The summed E-state index contributed by atoms with van der Waals surface area (Å²) in [4.78, 5) is 49.3. The normalized spacial score (nSPS) is 13.7. The Morgan fingerprint density at radius 2 is 1.47 bits per heavy atom. The van der Waals surface area contributed by atoms with E-state index in [0.29, 0.717) is 12.0 Å². The maximum absolute atomic E-state index is 12.8. The minimum Gasteiger partial charge on any atom is -0.460 e. The smallest absolute Gasteiger partial charge is 0.408 e. The number of hydrogen-bond donors (Lipinski definition) is 2. The summed E-state index contributed by atoms with van der Waals surface area (Å²) < 4.78 is 15.6. The van der Waals surface area contributed by atoms with E-state index < -0.39 is 47.7 Å². The molecule has 0 saturated carbocycles. The lowest BCUT2D eigenvalue weighted by Gasteiger charge is -2.24. The number of alkyl carbamates (subject to hydrolysis) is 1. The van der Waals surface area contributed by atoms with Crippen molar-refractivity contribution in [1.29, 1.82) is 0 Å². The Labute approximate surface area is 203 Å². The second-order valence-electron chi connectivity index (χ2n) is 9.78. The topological polar surface area (TPSA) is 120 Å². The molecule has 0 radical (unpaired) electrons. The molecule has 0 aliphatic rings. The number of hydrogen-bond acceptors (Lipinski definition) is 7. The van der Waals surface area contributed by atoms with Crippen molar-refractivity contribution >= 4 is 23.9 Å². The van der Waals surface area contributed by atoms with E-state index in [2.05, 4.69) is 23.8 Å². The highest BCUT2D eigenvalue weighted by atomic mass is 16.6. The van der Waals surface area contributed by atoms with Gasteiger partial charge in [-0.05, 0) is 60.5 Å². The lowest BCUT2D eigenvalue weighted by Crippen LogP contribution is -2.50. The summed E-state index contributed by atoms with van der Waals surface area (Å²) in [5.74, 6) is -1.65. The number of esters is 2. The first-order chi connectivity index (χ1) is 15.6. The van der Waals surface area contributed by atoms with Gasteiger partial charge in [0.15, 0.2) is 0 Å². The molecule has 9 nitrogen and oxygen atoms in total. The molecule has 0 aromatic heterocycles. The van der Waals surface area contributed by atoms with E-state index >= 15 is 0 Å². The van der Waals surface area contributed by atoms with Crippen LogP contribution in [0.1, 0.15) is 67.7 Å². The van der Waals surface area contributed by atoms with E-state index in [-0.39, 0.29) is 19.0 Å². The average Bonchev–Trinajstić information content (AvgIpc) is 2.66. The molecule has 2 N–H and O–H groups in total. The van der Waals surface area contributed by atoms with Gasteiger partial charge in [0, 0.05) is 12.5 Å². The summed E-state index contributed by atoms with van der Waals surface area (Å²) in [7, 11) is 0. The van der Waals surface area contributed by atoms with Crippen LogP contribution < -0.4 is 10.6 Å². The van der Waals surface area contributed by atoms with Crippen LogP contribution in [0, 0.1) is 0 Å². The highest BCUT2D eigenvalue weighted by Gasteiger charge is 2.28. The fraction of sp³-hybridized carbons (Fsp3) is 0.600. The molecule has 0 bridgehead atoms. The van der Waals surface area contributed by atoms with Crippen molar-refractivity contribution in [3.05, 3.63) is 37.0 Å². The highest BCUT2D eigenvalue weighted by Crippen LogP contribution is 2.12. The number of carbonyl (C=O) groups is 4. The van der Waals surface area contributed by atoms with Crippen LogP contribution in [0.25, 0.3) is 0 Å². The molecule has 2 amide bonds. The van der Waals surface area contributed by atoms with Gasteiger partial charge in [0.2, 0.25) is 5.91 Å². The summed E-state index contributed by atoms with van der Waals surface area (Å²) in [6.45, 7) is 19.2. The molecule has 0 fully saturated rings. The first-order valence-electron chi connectivity index (χ1n) is 11.2. The molecule has 0 spiro atoms. The predicted molar refractivity (Wildman–Crippen MR) is 130 cm³/mol. The number of amides is 2. The average molecular weight is 481 g/mol. The van der Waals surface area contributed by atoms with Crippen LogP contribution in [0.4, 0.5) is 4.79 Å². The van der Waals surface area contributed by atoms with Crippen molar-refractivity contribution in [1.82, 2.24) is 10.6 Å². The fourth-order valence-electron chi connectivity index (χ4n) is 2.56. The quantitative estimate of drug-likeness (QED) is 0.248. The number of carbonyl (C=O) groups excluding carboxylic acids is 4. The Balaban J connectivity index is 5.13. The second kappa shape index (κ2) is 14.2. The molecular weight excluding hydrogens is 440 g/mol. The SMILES string of the molecule is C=C/C=C(\C=C)COC(=O)N[C@@H](CC(=O)OC(C)(C)C)C(=O)NC(C)CCC(=O)OC(C)(C)C. The molecule has 0 heterocycles. The number of allylic oxidation sites excluding steroid dienone is 2. The zero-order chi connectivity index (χ0) is 26.5. The third-order valence-corrected chi connectivity index (χ3v) is 3.95. The standard InChI is InChI=1S/C25H40N2O7/c1-10-12-18(11-2)16-32-23(31)27-19(15-21(29)34-25(7,8)9)22(30)26-17(3)13-14-20(28)33-24(4,5)6/h10-12,17,19H,1-2,13-16H2,3-9H3,(H,26,30)(H,27,31)/b18-12+/t17?,19-/m0/s1. The molecule has 9 heteroatoms. The first-order valence-corrected chi connectivity index (χ1v) is 11.2. The van der Waals surface area contributed by atoms with Gasteiger partial charge in [0.1, 0.15) is 23.9 Å². The maximum Gasteiger partial charge on any atom is 0.408 e. The van der Waals surface area contributed by atoms with Crippen LogP contribution in [0.5, 0.6) is 0 Å². The number of nitrogens with one attached hydrogen (secondary N) is 2. The Morgan fingerprint density at radius 1 is 0.912 bits per heavy atom. The van der Waals surface area contributed by atoms with E-state index in [9.17, 15) is 19.2 Å². The van der Waals surface area contributed by atoms with E-state index in [1.54, 1.807) is 54.5 Å². The van der Waals surface area contributed by atoms with Gasteiger partial charge in [-0.3, -0.25) is 14.4 Å². The Hall–Kier alpha value is -3.10. The number of rotatable bonds is 12. The summed E-state index contributed by atoms with van der Waals surface area (Å²) in [6.07, 6.45) is 3.79. The van der Waals surface area contributed by atoms with E-state index in [1.807, 2.05) is 0 Å². The summed E-state index contributed by atoms with van der Waals surface area (Å²) >= 11 is 0. The van der Waals surface area contributed by atoms with Gasteiger partial charge >= 0.3 is 18.0 Å². The van der Waals surface area contributed by atoms with Crippen molar-refractivity contribution < 1.29 is 33.4 Å². The van der Waals surface area contributed by atoms with Crippen LogP contribution in [-0.2, 0) is 28.6 Å². The molecule has 2 atom stereocenters. The van der Waals surface area contributed by atoms with Crippen LogP contribution in [0.3, 0.4) is 0 Å². The molecule has 0 aliphatic heterocycles. The lowest BCUT2D eigenvalue weighted by molar-refractivity contribution is -0.156. The maximum atomic E-state index is 12.8. The molecule has 34 heavy (non-hydrogen) atoms. The van der Waals surface area contributed by atoms with Crippen LogP contribution in [0.2, 0.25) is 0 Å². The zero-order valence-electron chi connectivity index (χ0n) is 21.5. The van der Waals surface area contributed by atoms with Crippen molar-refractivity contribution in [2.75, 3.05) is 6.61 Å². The largest absolute Gasteiger partial charge is 0.460 e. The van der Waals surface area contributed by atoms with Gasteiger partial charge in [-0.2, -0.15) is 0 Å². The van der Waals surface area contributed by atoms with Crippen LogP contribution in [0.15, 0.2) is 37.0 Å².